The van der Waals surface area contributed by atoms with Crippen LogP contribution in [0.25, 0.3) is 0 Å². The van der Waals surface area contributed by atoms with E-state index in [0.717, 1.165) is 0 Å². The van der Waals surface area contributed by atoms with E-state index in [0.29, 0.717) is 42.5 Å². The highest BCUT2D eigenvalue weighted by Gasteiger charge is 2.36. The molecule has 25 heavy (non-hydrogen) atoms. The number of amides is 2. The molecule has 0 aromatic heterocycles. The van der Waals surface area contributed by atoms with Gasteiger partial charge in [-0.2, -0.15) is 0 Å². The first-order valence-corrected chi connectivity index (χ1v) is 8.99. The first-order chi connectivity index (χ1) is 11.6. The molecular weight excluding hydrogens is 340 g/mol. The van der Waals surface area contributed by atoms with Gasteiger partial charge in [0, 0.05) is 43.6 Å². The smallest absolute Gasteiger partial charge is 0.253 e. The fraction of sp³-hybridized carbons (Fsp3) is 0.579. The van der Waals surface area contributed by atoms with E-state index in [-0.39, 0.29) is 23.3 Å². The molecule has 1 saturated heterocycles. The molecule has 5 nitrogen and oxygen atoms in total. The quantitative estimate of drug-likeness (QED) is 0.801. The van der Waals surface area contributed by atoms with Gasteiger partial charge in [-0.3, -0.25) is 9.59 Å². The minimum absolute atomic E-state index is 0.105. The topological polar surface area (TPSA) is 49.9 Å². The first-order valence-electron chi connectivity index (χ1n) is 8.61. The predicted molar refractivity (Wildman–Crippen MR) is 99.2 cm³/mol. The van der Waals surface area contributed by atoms with Crippen molar-refractivity contribution in [3.8, 4) is 5.75 Å². The number of likely N-dealkylation sites (tertiary alicyclic amines) is 1. The Bertz CT molecular complexity index is 655. The van der Waals surface area contributed by atoms with Crippen LogP contribution in [0.1, 0.15) is 44.5 Å². The molecule has 2 rings (SSSR count). The van der Waals surface area contributed by atoms with Gasteiger partial charge in [-0.05, 0) is 45.9 Å². The molecule has 1 aliphatic rings. The molecule has 0 saturated carbocycles. The van der Waals surface area contributed by atoms with Gasteiger partial charge in [0.05, 0.1) is 11.6 Å². The summed E-state index contributed by atoms with van der Waals surface area (Å²) in [5.41, 5.74) is 0.338. The van der Waals surface area contributed by atoms with E-state index >= 15 is 0 Å². The van der Waals surface area contributed by atoms with Crippen molar-refractivity contribution in [2.75, 3.05) is 26.7 Å². The third-order valence-electron chi connectivity index (χ3n) is 4.37. The molecular formula is C19H27ClN2O3. The SMILES string of the molecule is CCOc1ccc(C(=O)N(C)CC2CC(=O)N(C(C)(C)C)C2)cc1Cl. The summed E-state index contributed by atoms with van der Waals surface area (Å²) in [7, 11) is 1.76. The van der Waals surface area contributed by atoms with Crippen molar-refractivity contribution < 1.29 is 14.3 Å². The summed E-state index contributed by atoms with van der Waals surface area (Å²) in [6.07, 6.45) is 0.485. The standard InChI is InChI=1S/C19H27ClN2O3/c1-6-25-16-8-7-14(10-15(16)20)18(24)21(5)11-13-9-17(23)22(12-13)19(2,3)4/h7-8,10,13H,6,9,11-12H2,1-5H3. The van der Waals surface area contributed by atoms with Crippen LogP contribution in [0.4, 0.5) is 0 Å². The maximum Gasteiger partial charge on any atom is 0.253 e. The number of rotatable bonds is 5. The lowest BCUT2D eigenvalue weighted by atomic mass is 10.1. The number of benzene rings is 1. The average Bonchev–Trinajstić information content (AvgIpc) is 2.89. The van der Waals surface area contributed by atoms with Crippen molar-refractivity contribution in [1.82, 2.24) is 9.80 Å². The van der Waals surface area contributed by atoms with Gasteiger partial charge >= 0.3 is 0 Å². The minimum Gasteiger partial charge on any atom is -0.492 e. The zero-order valence-electron chi connectivity index (χ0n) is 15.6. The summed E-state index contributed by atoms with van der Waals surface area (Å²) in [5.74, 6) is 0.776. The lowest BCUT2D eigenvalue weighted by Gasteiger charge is -2.32. The Kier molecular flexibility index (Phi) is 5.99. The van der Waals surface area contributed by atoms with E-state index in [4.69, 9.17) is 16.3 Å². The second kappa shape index (κ2) is 7.65. The van der Waals surface area contributed by atoms with E-state index in [2.05, 4.69) is 0 Å². The molecule has 0 N–H and O–H groups in total. The molecule has 1 aliphatic heterocycles. The lowest BCUT2D eigenvalue weighted by Crippen LogP contribution is -2.43. The van der Waals surface area contributed by atoms with Gasteiger partial charge < -0.3 is 14.5 Å². The summed E-state index contributed by atoms with van der Waals surface area (Å²) in [6, 6.07) is 5.07. The number of carbonyl (C=O) groups excluding carboxylic acids is 2. The zero-order valence-corrected chi connectivity index (χ0v) is 16.4. The van der Waals surface area contributed by atoms with Crippen LogP contribution in [0.5, 0.6) is 5.75 Å². The highest BCUT2D eigenvalue weighted by atomic mass is 35.5. The fourth-order valence-electron chi connectivity index (χ4n) is 3.15. The molecule has 1 aromatic rings. The van der Waals surface area contributed by atoms with E-state index < -0.39 is 0 Å². The van der Waals surface area contributed by atoms with Gasteiger partial charge in [0.25, 0.3) is 5.91 Å². The van der Waals surface area contributed by atoms with Gasteiger partial charge in [0.15, 0.2) is 0 Å². The summed E-state index contributed by atoms with van der Waals surface area (Å²) >= 11 is 6.17. The number of nitrogens with zero attached hydrogens (tertiary/aromatic N) is 2. The molecule has 2 amide bonds. The van der Waals surface area contributed by atoms with Crippen molar-refractivity contribution in [3.63, 3.8) is 0 Å². The number of hydrogen-bond acceptors (Lipinski definition) is 3. The highest BCUT2D eigenvalue weighted by Crippen LogP contribution is 2.28. The molecule has 0 spiro atoms. The Balaban J connectivity index is 2.01. The maximum atomic E-state index is 12.6. The van der Waals surface area contributed by atoms with Crippen LogP contribution in [0.2, 0.25) is 5.02 Å². The Labute approximate surface area is 154 Å². The van der Waals surface area contributed by atoms with Gasteiger partial charge in [0.1, 0.15) is 5.75 Å². The van der Waals surface area contributed by atoms with Crippen molar-refractivity contribution in [2.24, 2.45) is 5.92 Å². The van der Waals surface area contributed by atoms with Crippen LogP contribution in [0.15, 0.2) is 18.2 Å². The van der Waals surface area contributed by atoms with Gasteiger partial charge in [-0.15, -0.1) is 0 Å². The highest BCUT2D eigenvalue weighted by molar-refractivity contribution is 6.32. The van der Waals surface area contributed by atoms with Crippen molar-refractivity contribution in [3.05, 3.63) is 28.8 Å². The molecule has 1 fully saturated rings. The lowest BCUT2D eigenvalue weighted by molar-refractivity contribution is -0.131. The molecule has 6 heteroatoms. The molecule has 138 valence electrons. The second-order valence-corrected chi connectivity index (χ2v) is 7.92. The Morgan fingerprint density at radius 2 is 2.08 bits per heavy atom. The minimum atomic E-state index is -0.183. The maximum absolute atomic E-state index is 12.6. The number of ether oxygens (including phenoxy) is 1. The fourth-order valence-corrected chi connectivity index (χ4v) is 3.38. The molecule has 1 unspecified atom stereocenters. The van der Waals surface area contributed by atoms with Crippen LogP contribution >= 0.6 is 11.6 Å². The van der Waals surface area contributed by atoms with Crippen LogP contribution in [-0.2, 0) is 4.79 Å². The third kappa shape index (κ3) is 4.66. The summed E-state index contributed by atoms with van der Waals surface area (Å²) in [4.78, 5) is 28.4. The van der Waals surface area contributed by atoms with Crippen LogP contribution < -0.4 is 4.74 Å². The molecule has 1 aromatic carbocycles. The Morgan fingerprint density at radius 3 is 2.60 bits per heavy atom. The molecule has 1 heterocycles. The van der Waals surface area contributed by atoms with E-state index in [1.54, 1.807) is 30.1 Å². The summed E-state index contributed by atoms with van der Waals surface area (Å²) in [6.45, 7) is 9.73. The van der Waals surface area contributed by atoms with Crippen LogP contribution in [-0.4, -0.2) is 53.9 Å². The molecule has 1 atom stereocenters. The molecule has 0 bridgehead atoms. The normalized spacial score (nSPS) is 17.8. The van der Waals surface area contributed by atoms with E-state index in [1.807, 2.05) is 32.6 Å². The van der Waals surface area contributed by atoms with Crippen molar-refractivity contribution in [1.29, 1.82) is 0 Å². The largest absolute Gasteiger partial charge is 0.492 e. The molecule has 0 aliphatic carbocycles. The third-order valence-corrected chi connectivity index (χ3v) is 4.67. The van der Waals surface area contributed by atoms with Crippen molar-refractivity contribution in [2.45, 2.75) is 39.7 Å². The van der Waals surface area contributed by atoms with Crippen molar-refractivity contribution >= 4 is 23.4 Å². The van der Waals surface area contributed by atoms with E-state index in [1.165, 1.54) is 0 Å². The first kappa shape index (κ1) is 19.6. The Morgan fingerprint density at radius 1 is 1.40 bits per heavy atom. The van der Waals surface area contributed by atoms with Gasteiger partial charge in [-0.25, -0.2) is 0 Å². The second-order valence-electron chi connectivity index (χ2n) is 7.51. The number of carbonyl (C=O) groups is 2. The van der Waals surface area contributed by atoms with Gasteiger partial charge in [-0.1, -0.05) is 11.6 Å². The number of hydrogen-bond donors (Lipinski definition) is 0. The monoisotopic (exact) mass is 366 g/mol. The van der Waals surface area contributed by atoms with Crippen LogP contribution in [0.3, 0.4) is 0 Å². The summed E-state index contributed by atoms with van der Waals surface area (Å²) in [5, 5.41) is 0.427. The Hall–Kier alpha value is -1.75. The zero-order chi connectivity index (χ0) is 18.8. The van der Waals surface area contributed by atoms with Crippen LogP contribution in [0, 0.1) is 5.92 Å². The predicted octanol–water partition coefficient (Wildman–Crippen LogP) is 3.46. The van der Waals surface area contributed by atoms with E-state index in [9.17, 15) is 9.59 Å². The summed E-state index contributed by atoms with van der Waals surface area (Å²) < 4.78 is 5.40. The average molecular weight is 367 g/mol. The van der Waals surface area contributed by atoms with Gasteiger partial charge in [0.2, 0.25) is 5.91 Å². The molecule has 0 radical (unpaired) electrons. The number of halogens is 1.